The number of imide groups is 2. The number of anilines is 1. The van der Waals surface area contributed by atoms with Gasteiger partial charge in [0.1, 0.15) is 12.1 Å². The number of nitriles is 1. The molecule has 0 radical (unpaired) electrons. The zero-order valence-electron chi connectivity index (χ0n) is 31.0. The zero-order valence-corrected chi connectivity index (χ0v) is 31.7. The van der Waals surface area contributed by atoms with Crippen LogP contribution in [0, 0.1) is 17.2 Å². The Bertz CT molecular complexity index is 2050. The number of benzene rings is 3. The quantitative estimate of drug-likeness (QED) is 0.263. The molecule has 0 bridgehead atoms. The second-order valence-corrected chi connectivity index (χ2v) is 16.4. The van der Waals surface area contributed by atoms with Crippen molar-refractivity contribution >= 4 is 46.8 Å². The lowest BCUT2D eigenvalue weighted by Gasteiger charge is -2.36. The molecule has 0 spiro atoms. The van der Waals surface area contributed by atoms with Crippen LogP contribution >= 0.6 is 11.6 Å². The number of hydrogen-bond donors (Lipinski definition) is 2. The third-order valence-corrected chi connectivity index (χ3v) is 12.9. The summed E-state index contributed by atoms with van der Waals surface area (Å²) >= 11 is 6.27. The van der Waals surface area contributed by atoms with E-state index in [9.17, 15) is 29.2 Å². The van der Waals surface area contributed by atoms with E-state index in [1.54, 1.807) is 6.07 Å². The highest BCUT2D eigenvalue weighted by atomic mass is 35.5. The van der Waals surface area contributed by atoms with Crippen molar-refractivity contribution in [2.24, 2.45) is 5.92 Å². The fourth-order valence-corrected chi connectivity index (χ4v) is 9.64. The molecule has 12 heteroatoms. The third-order valence-electron chi connectivity index (χ3n) is 12.6. The zero-order chi connectivity index (χ0) is 38.4. The molecule has 5 aliphatic rings. The fraction of sp³-hybridized carbons (Fsp3) is 0.442. The lowest BCUT2D eigenvalue weighted by atomic mass is 9.78. The van der Waals surface area contributed by atoms with E-state index in [2.05, 4.69) is 45.7 Å². The van der Waals surface area contributed by atoms with Crippen molar-refractivity contribution in [1.29, 1.82) is 5.26 Å². The first-order chi connectivity index (χ1) is 26.6. The summed E-state index contributed by atoms with van der Waals surface area (Å²) in [5.74, 6) is -0.897. The summed E-state index contributed by atoms with van der Waals surface area (Å²) in [6.45, 7) is 2.40. The van der Waals surface area contributed by atoms with Crippen LogP contribution in [-0.2, 0) is 22.7 Å². The Morgan fingerprint density at radius 3 is 2.13 bits per heavy atom. The number of piperidine rings is 1. The third kappa shape index (κ3) is 7.38. The molecule has 3 aliphatic heterocycles. The summed E-state index contributed by atoms with van der Waals surface area (Å²) < 4.78 is 0. The average Bonchev–Trinajstić information content (AvgIpc) is 3.69. The summed E-state index contributed by atoms with van der Waals surface area (Å²) in [6.07, 6.45) is 8.40. The van der Waals surface area contributed by atoms with Crippen molar-refractivity contribution in [1.82, 2.24) is 20.4 Å². The van der Waals surface area contributed by atoms with Gasteiger partial charge in [-0.1, -0.05) is 23.7 Å². The van der Waals surface area contributed by atoms with E-state index in [-0.39, 0.29) is 30.7 Å². The number of carbonyl (C=O) groups is 5. The monoisotopic (exact) mass is 760 g/mol. The van der Waals surface area contributed by atoms with Crippen LogP contribution in [0.25, 0.3) is 0 Å². The first-order valence-corrected chi connectivity index (χ1v) is 19.9. The molecule has 1 atom stereocenters. The lowest BCUT2D eigenvalue weighted by Crippen LogP contribution is -2.54. The van der Waals surface area contributed by atoms with E-state index < -0.39 is 23.8 Å². The normalized spacial score (nSPS) is 25.3. The van der Waals surface area contributed by atoms with Crippen molar-refractivity contribution < 1.29 is 24.0 Å². The van der Waals surface area contributed by atoms with Gasteiger partial charge < -0.3 is 10.2 Å². The predicted molar refractivity (Wildman–Crippen MR) is 206 cm³/mol. The van der Waals surface area contributed by atoms with E-state index >= 15 is 0 Å². The van der Waals surface area contributed by atoms with Crippen LogP contribution in [-0.4, -0.2) is 71.1 Å². The van der Waals surface area contributed by atoms with E-state index in [0.29, 0.717) is 45.2 Å². The van der Waals surface area contributed by atoms with Gasteiger partial charge in [-0.3, -0.25) is 39.1 Å². The van der Waals surface area contributed by atoms with E-state index in [4.69, 9.17) is 11.6 Å². The van der Waals surface area contributed by atoms with Gasteiger partial charge in [0.2, 0.25) is 11.8 Å². The van der Waals surface area contributed by atoms with E-state index in [0.717, 1.165) is 92.7 Å². The van der Waals surface area contributed by atoms with Gasteiger partial charge in [0.15, 0.2) is 0 Å². The average molecular weight is 761 g/mol. The number of nitrogens with one attached hydrogen (secondary N) is 2. The van der Waals surface area contributed by atoms with Gasteiger partial charge >= 0.3 is 0 Å². The smallest absolute Gasteiger partial charge is 0.262 e. The number of halogens is 1. The molecule has 2 saturated carbocycles. The van der Waals surface area contributed by atoms with Crippen molar-refractivity contribution in [2.45, 2.75) is 101 Å². The maximum atomic E-state index is 13.3. The van der Waals surface area contributed by atoms with Crippen molar-refractivity contribution in [3.05, 3.63) is 98.6 Å². The largest absolute Gasteiger partial charge is 0.372 e. The van der Waals surface area contributed by atoms with Crippen LogP contribution in [0.15, 0.2) is 54.6 Å². The van der Waals surface area contributed by atoms with Crippen LogP contribution in [0.4, 0.5) is 5.69 Å². The molecule has 2 aliphatic carbocycles. The molecule has 8 rings (SSSR count). The molecule has 3 aromatic carbocycles. The maximum Gasteiger partial charge on any atom is 0.262 e. The molecule has 1 saturated heterocycles. The van der Waals surface area contributed by atoms with Crippen LogP contribution < -0.4 is 15.5 Å². The Balaban J connectivity index is 0.784. The first-order valence-electron chi connectivity index (χ1n) is 19.5. The summed E-state index contributed by atoms with van der Waals surface area (Å²) in [6, 6.07) is 19.0. The maximum absolute atomic E-state index is 13.3. The van der Waals surface area contributed by atoms with Gasteiger partial charge in [0, 0.05) is 56.4 Å². The van der Waals surface area contributed by atoms with Crippen LogP contribution in [0.2, 0.25) is 5.02 Å². The number of carbonyl (C=O) groups excluding carboxylic acids is 5. The second-order valence-electron chi connectivity index (χ2n) is 16.0. The molecule has 5 amide bonds. The highest BCUT2D eigenvalue weighted by molar-refractivity contribution is 6.32. The van der Waals surface area contributed by atoms with Crippen LogP contribution in [0.5, 0.6) is 0 Å². The predicted octanol–water partition coefficient (Wildman–Crippen LogP) is 6.08. The summed E-state index contributed by atoms with van der Waals surface area (Å²) in [5.41, 5.74) is 6.23. The highest BCUT2D eigenvalue weighted by Gasteiger charge is 2.45. The molecule has 11 nitrogen and oxygen atoms in total. The van der Waals surface area contributed by atoms with Gasteiger partial charge in [-0.15, -0.1) is 0 Å². The number of hydrogen-bond acceptors (Lipinski definition) is 8. The minimum Gasteiger partial charge on any atom is -0.372 e. The topological polar surface area (TPSA) is 143 Å². The van der Waals surface area contributed by atoms with E-state index in [1.165, 1.54) is 5.56 Å². The van der Waals surface area contributed by atoms with Crippen molar-refractivity contribution in [2.75, 3.05) is 18.5 Å². The number of rotatable bonds is 8. The van der Waals surface area contributed by atoms with Crippen molar-refractivity contribution in [3.8, 4) is 6.07 Å². The molecule has 3 heterocycles. The Labute approximate surface area is 326 Å². The molecular weight excluding hydrogens is 716 g/mol. The first kappa shape index (κ1) is 36.9. The molecule has 0 aromatic heterocycles. The van der Waals surface area contributed by atoms with Gasteiger partial charge in [0.05, 0.1) is 21.7 Å². The minimum absolute atomic E-state index is 0.0249. The van der Waals surface area contributed by atoms with Gasteiger partial charge in [0.25, 0.3) is 17.7 Å². The Hall–Kier alpha value is -5.05. The van der Waals surface area contributed by atoms with Crippen LogP contribution in [0.3, 0.4) is 0 Å². The lowest BCUT2D eigenvalue weighted by molar-refractivity contribution is -0.136. The van der Waals surface area contributed by atoms with Crippen molar-refractivity contribution in [3.63, 3.8) is 0 Å². The number of amides is 5. The van der Waals surface area contributed by atoms with Gasteiger partial charge in [-0.25, -0.2) is 0 Å². The Kier molecular flexibility index (Phi) is 10.2. The standard InChI is InChI=1S/C43H45ClN6O5/c1-48(34-13-10-29(21-45)37(44)20-34)33-14-11-32(12-15-33)46-40(52)28-8-6-27(7-9-28)26-4-2-25(3-5-26)22-49-23-30-18-35-36(19-31(30)24-49)43(55)50(42(35)54)38-16-17-39(51)47-41(38)53/h6-10,13,18-20,25-26,32-33,38H,2-5,11-12,14-17,22-24H2,1H3,(H,46,52)(H,47,51,53)/t25-,26-,32-,33-,38?. The molecule has 1 unspecified atom stereocenters. The molecule has 3 fully saturated rings. The van der Waals surface area contributed by atoms with Crippen LogP contribution in [0.1, 0.15) is 123 Å². The van der Waals surface area contributed by atoms with Gasteiger partial charge in [-0.05, 0) is 129 Å². The molecular formula is C43H45ClN6O5. The van der Waals surface area contributed by atoms with Gasteiger partial charge in [-0.2, -0.15) is 5.26 Å². The molecule has 3 aromatic rings. The second kappa shape index (κ2) is 15.2. The number of nitrogens with zero attached hydrogens (tertiary/aromatic N) is 4. The highest BCUT2D eigenvalue weighted by Crippen LogP contribution is 2.39. The SMILES string of the molecule is CN(c1ccc(C#N)c(Cl)c1)[C@H]1CC[C@H](NC(=O)c2ccc([C@H]3CC[C@H](CN4Cc5cc6c(cc5C4)C(=O)N(C4CCC(=O)NC4=O)C6=O)CC3)cc2)CC1. The fourth-order valence-electron chi connectivity index (χ4n) is 9.42. The summed E-state index contributed by atoms with van der Waals surface area (Å²) in [5, 5.41) is 15.2. The Morgan fingerprint density at radius 2 is 1.53 bits per heavy atom. The molecule has 284 valence electrons. The molecule has 55 heavy (non-hydrogen) atoms. The number of fused-ring (bicyclic) bond motifs is 2. The van der Waals surface area contributed by atoms with E-state index in [1.807, 2.05) is 36.4 Å². The summed E-state index contributed by atoms with van der Waals surface area (Å²) in [7, 11) is 2.06. The minimum atomic E-state index is -0.956. The Morgan fingerprint density at radius 1 is 0.873 bits per heavy atom. The molecule has 2 N–H and O–H groups in total. The summed E-state index contributed by atoms with van der Waals surface area (Å²) in [4.78, 5) is 69.5.